The molecular formula is C14H10N4O4. The molecule has 0 saturated carbocycles. The Hall–Kier alpha value is -3.42. The van der Waals surface area contributed by atoms with Crippen molar-refractivity contribution in [3.63, 3.8) is 0 Å². The third-order valence-electron chi connectivity index (χ3n) is 2.96. The molecule has 2 aliphatic rings. The minimum atomic E-state index is -0.488. The molecule has 110 valence electrons. The number of rotatable bonds is 4. The van der Waals surface area contributed by atoms with Crippen LogP contribution in [0.15, 0.2) is 47.8 Å². The Labute approximate surface area is 124 Å². The molecule has 0 radical (unpaired) electrons. The molecule has 4 amide bonds. The first-order chi connectivity index (χ1) is 10.5. The lowest BCUT2D eigenvalue weighted by Crippen LogP contribution is -2.24. The Bertz CT molecular complexity index is 697. The third-order valence-corrected chi connectivity index (χ3v) is 2.96. The summed E-state index contributed by atoms with van der Waals surface area (Å²) in [6.07, 6.45) is 2.35. The van der Waals surface area contributed by atoms with Gasteiger partial charge < -0.3 is 10.6 Å². The van der Waals surface area contributed by atoms with Crippen LogP contribution in [0.1, 0.15) is 0 Å². The SMILES string of the molecule is O=C1C=C(Nc2ccc(NC3=CC(=O)NC3=O)cc2)C(=O)N1. The molecule has 0 fully saturated rings. The van der Waals surface area contributed by atoms with Gasteiger partial charge in [0.05, 0.1) is 0 Å². The van der Waals surface area contributed by atoms with Crippen molar-refractivity contribution in [2.24, 2.45) is 0 Å². The molecular weight excluding hydrogens is 288 g/mol. The van der Waals surface area contributed by atoms with Crippen LogP contribution in [0.25, 0.3) is 0 Å². The molecule has 3 rings (SSSR count). The van der Waals surface area contributed by atoms with E-state index in [0.29, 0.717) is 11.4 Å². The van der Waals surface area contributed by atoms with E-state index in [1.54, 1.807) is 24.3 Å². The van der Waals surface area contributed by atoms with Crippen molar-refractivity contribution in [1.82, 2.24) is 10.6 Å². The smallest absolute Gasteiger partial charge is 0.274 e. The van der Waals surface area contributed by atoms with Crippen molar-refractivity contribution in [2.45, 2.75) is 0 Å². The molecule has 0 spiro atoms. The van der Waals surface area contributed by atoms with E-state index in [2.05, 4.69) is 21.3 Å². The van der Waals surface area contributed by atoms with Gasteiger partial charge in [-0.2, -0.15) is 0 Å². The maximum Gasteiger partial charge on any atom is 0.274 e. The summed E-state index contributed by atoms with van der Waals surface area (Å²) < 4.78 is 0. The van der Waals surface area contributed by atoms with Crippen LogP contribution in [0.4, 0.5) is 11.4 Å². The van der Waals surface area contributed by atoms with Gasteiger partial charge in [0, 0.05) is 23.5 Å². The van der Waals surface area contributed by atoms with Crippen LogP contribution in [0.5, 0.6) is 0 Å². The number of hydrogen-bond acceptors (Lipinski definition) is 6. The average molecular weight is 298 g/mol. The Morgan fingerprint density at radius 2 is 1.00 bits per heavy atom. The second-order valence-electron chi connectivity index (χ2n) is 4.58. The highest BCUT2D eigenvalue weighted by molar-refractivity contribution is 6.18. The summed E-state index contributed by atoms with van der Waals surface area (Å²) in [6, 6.07) is 6.64. The van der Waals surface area contributed by atoms with Gasteiger partial charge in [-0.1, -0.05) is 0 Å². The van der Waals surface area contributed by atoms with E-state index in [9.17, 15) is 19.2 Å². The number of carbonyl (C=O) groups is 4. The predicted molar refractivity (Wildman–Crippen MR) is 76.2 cm³/mol. The number of amides is 4. The molecule has 1 aromatic rings. The number of hydrogen-bond donors (Lipinski definition) is 4. The summed E-state index contributed by atoms with van der Waals surface area (Å²) in [4.78, 5) is 44.8. The summed E-state index contributed by atoms with van der Waals surface area (Å²) in [5.74, 6) is -1.90. The monoisotopic (exact) mass is 298 g/mol. The van der Waals surface area contributed by atoms with Crippen LogP contribution in [0.2, 0.25) is 0 Å². The van der Waals surface area contributed by atoms with Crippen LogP contribution in [0, 0.1) is 0 Å². The molecule has 2 heterocycles. The van der Waals surface area contributed by atoms with Crippen LogP contribution in [-0.4, -0.2) is 23.6 Å². The summed E-state index contributed by atoms with van der Waals surface area (Å²) in [7, 11) is 0. The summed E-state index contributed by atoms with van der Waals surface area (Å²) in [6.45, 7) is 0. The fourth-order valence-electron chi connectivity index (χ4n) is 1.96. The van der Waals surface area contributed by atoms with Crippen molar-refractivity contribution < 1.29 is 19.2 Å². The van der Waals surface area contributed by atoms with Crippen LogP contribution < -0.4 is 21.3 Å². The maximum absolute atomic E-state index is 11.4. The molecule has 0 bridgehead atoms. The summed E-state index contributed by atoms with van der Waals surface area (Å²) in [5, 5.41) is 9.87. The topological polar surface area (TPSA) is 116 Å². The van der Waals surface area contributed by atoms with Gasteiger partial charge in [-0.15, -0.1) is 0 Å². The second-order valence-corrected chi connectivity index (χ2v) is 4.58. The molecule has 22 heavy (non-hydrogen) atoms. The van der Waals surface area contributed by atoms with Crippen molar-refractivity contribution >= 4 is 35.0 Å². The summed E-state index contributed by atoms with van der Waals surface area (Å²) >= 11 is 0. The lowest BCUT2D eigenvalue weighted by molar-refractivity contribution is -0.125. The van der Waals surface area contributed by atoms with Gasteiger partial charge in [-0.3, -0.25) is 29.8 Å². The summed E-state index contributed by atoms with van der Waals surface area (Å²) in [5.41, 5.74) is 1.52. The lowest BCUT2D eigenvalue weighted by Gasteiger charge is -2.08. The number of imide groups is 2. The number of nitrogens with one attached hydrogen (secondary N) is 4. The molecule has 2 aliphatic heterocycles. The van der Waals surface area contributed by atoms with E-state index in [4.69, 9.17) is 0 Å². The van der Waals surface area contributed by atoms with Crippen LogP contribution >= 0.6 is 0 Å². The van der Waals surface area contributed by atoms with Crippen LogP contribution in [-0.2, 0) is 19.2 Å². The molecule has 0 atom stereocenters. The largest absolute Gasteiger partial charge is 0.351 e. The molecule has 1 aromatic carbocycles. The van der Waals surface area contributed by atoms with Gasteiger partial charge in [-0.05, 0) is 24.3 Å². The Kier molecular flexibility index (Phi) is 3.18. The second kappa shape index (κ2) is 5.17. The molecule has 4 N–H and O–H groups in total. The number of carbonyl (C=O) groups excluding carboxylic acids is 4. The number of benzene rings is 1. The highest BCUT2D eigenvalue weighted by Crippen LogP contribution is 2.18. The maximum atomic E-state index is 11.4. The normalized spacial score (nSPS) is 16.9. The zero-order chi connectivity index (χ0) is 15.7. The molecule has 0 aromatic heterocycles. The van der Waals surface area contributed by atoms with Gasteiger partial charge in [0.2, 0.25) is 0 Å². The molecule has 0 aliphatic carbocycles. The van der Waals surface area contributed by atoms with E-state index in [-0.39, 0.29) is 11.4 Å². The third kappa shape index (κ3) is 2.70. The number of anilines is 2. The van der Waals surface area contributed by atoms with E-state index < -0.39 is 23.6 Å². The Balaban J connectivity index is 1.68. The Morgan fingerprint density at radius 1 is 0.636 bits per heavy atom. The van der Waals surface area contributed by atoms with Gasteiger partial charge in [0.15, 0.2) is 0 Å². The quantitative estimate of drug-likeness (QED) is 0.562. The van der Waals surface area contributed by atoms with Crippen molar-refractivity contribution in [1.29, 1.82) is 0 Å². The zero-order valence-corrected chi connectivity index (χ0v) is 11.1. The fourth-order valence-corrected chi connectivity index (χ4v) is 1.96. The molecule has 8 nitrogen and oxygen atoms in total. The minimum absolute atomic E-state index is 0.161. The first-order valence-corrected chi connectivity index (χ1v) is 6.29. The molecule has 8 heteroatoms. The lowest BCUT2D eigenvalue weighted by atomic mass is 10.2. The van der Waals surface area contributed by atoms with E-state index in [0.717, 1.165) is 0 Å². The standard InChI is InChI=1S/C14H10N4O4/c19-11-5-9(13(21)17-11)15-7-1-2-8(4-3-7)16-10-6-12(20)18-14(10)22/h1-6H,(H2,15,17,19,21)(H2,16,18,20,22). The predicted octanol–water partition coefficient (Wildman–Crippen LogP) is -0.409. The van der Waals surface area contributed by atoms with Gasteiger partial charge in [0.1, 0.15) is 11.4 Å². The van der Waals surface area contributed by atoms with Gasteiger partial charge >= 0.3 is 0 Å². The van der Waals surface area contributed by atoms with Gasteiger partial charge in [0.25, 0.3) is 23.6 Å². The first-order valence-electron chi connectivity index (χ1n) is 6.29. The van der Waals surface area contributed by atoms with Crippen molar-refractivity contribution in [2.75, 3.05) is 10.6 Å². The molecule has 0 saturated heterocycles. The highest BCUT2D eigenvalue weighted by Gasteiger charge is 2.21. The van der Waals surface area contributed by atoms with Crippen molar-refractivity contribution in [3.8, 4) is 0 Å². The first kappa shape index (κ1) is 13.6. The fraction of sp³-hybridized carbons (Fsp3) is 0. The average Bonchev–Trinajstić information content (AvgIpc) is 2.94. The van der Waals surface area contributed by atoms with E-state index >= 15 is 0 Å². The van der Waals surface area contributed by atoms with Crippen molar-refractivity contribution in [3.05, 3.63) is 47.8 Å². The zero-order valence-electron chi connectivity index (χ0n) is 11.1. The van der Waals surface area contributed by atoms with E-state index in [1.165, 1.54) is 12.2 Å². The molecule has 0 unspecified atom stereocenters. The highest BCUT2D eigenvalue weighted by atomic mass is 16.2. The Morgan fingerprint density at radius 3 is 1.27 bits per heavy atom. The van der Waals surface area contributed by atoms with E-state index in [1.807, 2.05) is 0 Å². The minimum Gasteiger partial charge on any atom is -0.351 e. The van der Waals surface area contributed by atoms with Gasteiger partial charge in [-0.25, -0.2) is 0 Å². The van der Waals surface area contributed by atoms with Crippen LogP contribution in [0.3, 0.4) is 0 Å².